The Morgan fingerprint density at radius 1 is 1.12 bits per heavy atom. The molecule has 184 valence electrons. The van der Waals surface area contributed by atoms with Gasteiger partial charge in [-0.15, -0.1) is 20.5 Å². The van der Waals surface area contributed by atoms with Crippen LogP contribution in [0.5, 0.6) is 0 Å². The van der Waals surface area contributed by atoms with Gasteiger partial charge in [0.1, 0.15) is 4.83 Å². The lowest BCUT2D eigenvalue weighted by molar-refractivity contribution is 0.0753. The summed E-state index contributed by atoms with van der Waals surface area (Å²) in [6.45, 7) is 6.75. The molecule has 2 aromatic heterocycles. The average molecular weight is 568 g/mol. The highest BCUT2D eigenvalue weighted by Gasteiger charge is 2.30. The summed E-state index contributed by atoms with van der Waals surface area (Å²) in [4.78, 5) is 5.39. The first-order valence-corrected chi connectivity index (χ1v) is 15.4. The summed E-state index contributed by atoms with van der Waals surface area (Å²) in [7, 11) is -3.52. The van der Waals surface area contributed by atoms with E-state index in [4.69, 9.17) is 4.74 Å². The van der Waals surface area contributed by atoms with Crippen molar-refractivity contribution >= 4 is 53.3 Å². The molecular formula is C24H31BrN4O3S2. The second kappa shape index (κ2) is 10.3. The normalized spacial score (nSPS) is 18.4. The van der Waals surface area contributed by atoms with Crippen LogP contribution in [0.3, 0.4) is 0 Å². The molecule has 1 aromatic carbocycles. The number of rotatable bonds is 8. The van der Waals surface area contributed by atoms with Gasteiger partial charge in [0.05, 0.1) is 22.0 Å². The van der Waals surface area contributed by atoms with E-state index in [0.29, 0.717) is 10.7 Å². The lowest BCUT2D eigenvalue weighted by atomic mass is 9.97. The molecule has 7 nitrogen and oxygen atoms in total. The van der Waals surface area contributed by atoms with Crippen LogP contribution in [0.25, 0.3) is 21.3 Å². The van der Waals surface area contributed by atoms with Gasteiger partial charge in [0, 0.05) is 31.8 Å². The van der Waals surface area contributed by atoms with E-state index in [1.807, 2.05) is 18.2 Å². The van der Waals surface area contributed by atoms with Crippen molar-refractivity contribution in [3.63, 3.8) is 0 Å². The summed E-state index contributed by atoms with van der Waals surface area (Å²) in [5.74, 6) is 1.29. The summed E-state index contributed by atoms with van der Waals surface area (Å²) in [5.41, 5.74) is 2.06. The molecule has 0 atom stereocenters. The standard InChI is InChI=1S/C24H31BrN4O3S2/c1-34(30,31)29-24-21(20(22(25)33-24)19-7-3-2-4-8-19)23(26-29)28-13-9-18(10-14-28)17-32-16-15-27-11-5-6-12-27/h2-4,7-8,18H,5-6,9-17H2,1H3. The molecule has 2 fully saturated rings. The summed E-state index contributed by atoms with van der Waals surface area (Å²) >= 11 is 5.12. The van der Waals surface area contributed by atoms with Gasteiger partial charge >= 0.3 is 0 Å². The number of anilines is 1. The first-order valence-electron chi connectivity index (χ1n) is 11.9. The van der Waals surface area contributed by atoms with Gasteiger partial charge in [0.2, 0.25) is 0 Å². The van der Waals surface area contributed by atoms with Crippen molar-refractivity contribution in [1.29, 1.82) is 0 Å². The Hall–Kier alpha value is -1.46. The Morgan fingerprint density at radius 3 is 2.50 bits per heavy atom. The smallest absolute Gasteiger partial charge is 0.252 e. The maximum Gasteiger partial charge on any atom is 0.252 e. The van der Waals surface area contributed by atoms with Crippen molar-refractivity contribution in [1.82, 2.24) is 14.1 Å². The Bertz CT molecular complexity index is 1230. The highest BCUT2D eigenvalue weighted by atomic mass is 79.9. The van der Waals surface area contributed by atoms with Crippen molar-refractivity contribution in [3.05, 3.63) is 34.1 Å². The lowest BCUT2D eigenvalue weighted by Gasteiger charge is -2.32. The number of aromatic nitrogens is 2. The van der Waals surface area contributed by atoms with Crippen LogP contribution in [0.15, 0.2) is 34.1 Å². The quantitative estimate of drug-likeness (QED) is 0.369. The van der Waals surface area contributed by atoms with Crippen molar-refractivity contribution < 1.29 is 13.2 Å². The molecule has 0 bridgehead atoms. The number of piperidine rings is 1. The van der Waals surface area contributed by atoms with Gasteiger partial charge in [-0.25, -0.2) is 8.42 Å². The number of halogens is 1. The summed E-state index contributed by atoms with van der Waals surface area (Å²) in [6, 6.07) is 10.1. The highest BCUT2D eigenvalue weighted by Crippen LogP contribution is 2.47. The fourth-order valence-electron chi connectivity index (χ4n) is 4.99. The minimum Gasteiger partial charge on any atom is -0.380 e. The molecule has 0 aliphatic carbocycles. The topological polar surface area (TPSA) is 67.7 Å². The van der Waals surface area contributed by atoms with E-state index >= 15 is 0 Å². The largest absolute Gasteiger partial charge is 0.380 e. The van der Waals surface area contributed by atoms with E-state index in [1.165, 1.54) is 47.6 Å². The third kappa shape index (κ3) is 5.06. The second-order valence-corrected chi connectivity index (χ2v) is 13.4. The second-order valence-electron chi connectivity index (χ2n) is 9.28. The average Bonchev–Trinajstić information content (AvgIpc) is 3.53. The first-order chi connectivity index (χ1) is 16.4. The van der Waals surface area contributed by atoms with Crippen LogP contribution < -0.4 is 4.90 Å². The van der Waals surface area contributed by atoms with Gasteiger partial charge in [-0.3, -0.25) is 0 Å². The maximum atomic E-state index is 12.5. The molecule has 0 radical (unpaired) electrons. The first kappa shape index (κ1) is 24.2. The maximum absolute atomic E-state index is 12.5. The molecule has 0 amide bonds. The van der Waals surface area contributed by atoms with Crippen LogP contribution in [0.4, 0.5) is 5.82 Å². The van der Waals surface area contributed by atoms with Crippen molar-refractivity contribution in [3.8, 4) is 11.1 Å². The minimum atomic E-state index is -3.52. The number of likely N-dealkylation sites (tertiary alicyclic amines) is 1. The molecule has 0 unspecified atom stereocenters. The van der Waals surface area contributed by atoms with Gasteiger partial charge in [-0.05, 0) is 66.2 Å². The molecule has 0 spiro atoms. The Balaban J connectivity index is 1.33. The molecule has 34 heavy (non-hydrogen) atoms. The van der Waals surface area contributed by atoms with Crippen LogP contribution in [-0.2, 0) is 14.8 Å². The predicted octanol–water partition coefficient (Wildman–Crippen LogP) is 4.66. The number of thiophene rings is 1. The summed E-state index contributed by atoms with van der Waals surface area (Å²) in [5, 5.41) is 5.53. The Morgan fingerprint density at radius 2 is 1.82 bits per heavy atom. The molecule has 4 heterocycles. The Kier molecular flexibility index (Phi) is 7.32. The van der Waals surface area contributed by atoms with Gasteiger partial charge in [-0.1, -0.05) is 30.3 Å². The molecular weight excluding hydrogens is 536 g/mol. The van der Waals surface area contributed by atoms with E-state index < -0.39 is 10.0 Å². The van der Waals surface area contributed by atoms with Crippen molar-refractivity contribution in [2.45, 2.75) is 25.7 Å². The van der Waals surface area contributed by atoms with Crippen molar-refractivity contribution in [2.24, 2.45) is 5.92 Å². The molecule has 5 rings (SSSR count). The molecule has 3 aromatic rings. The third-order valence-corrected chi connectivity index (χ3v) is 9.67. The van der Waals surface area contributed by atoms with E-state index in [1.54, 1.807) is 0 Å². The number of benzene rings is 1. The fraction of sp³-hybridized carbons (Fsp3) is 0.542. The zero-order valence-corrected chi connectivity index (χ0v) is 22.7. The number of hydrogen-bond acceptors (Lipinski definition) is 7. The monoisotopic (exact) mass is 566 g/mol. The Labute approximate surface area is 213 Å². The molecule has 10 heteroatoms. The molecule has 0 saturated carbocycles. The summed E-state index contributed by atoms with van der Waals surface area (Å²) in [6.07, 6.45) is 5.87. The molecule has 0 N–H and O–H groups in total. The lowest BCUT2D eigenvalue weighted by Crippen LogP contribution is -2.36. The van der Waals surface area contributed by atoms with Crippen LogP contribution >= 0.6 is 27.3 Å². The van der Waals surface area contributed by atoms with Crippen LogP contribution in [0, 0.1) is 5.92 Å². The molecule has 2 saturated heterocycles. The summed E-state index contributed by atoms with van der Waals surface area (Å²) < 4.78 is 33.2. The number of hydrogen-bond donors (Lipinski definition) is 0. The van der Waals surface area contributed by atoms with Crippen LogP contribution in [-0.4, -0.2) is 74.7 Å². The minimum absolute atomic E-state index is 0.533. The van der Waals surface area contributed by atoms with E-state index in [2.05, 4.69) is 43.0 Å². The van der Waals surface area contributed by atoms with Crippen molar-refractivity contribution in [2.75, 3.05) is 57.1 Å². The SMILES string of the molecule is CS(=O)(=O)n1nc(N2CCC(COCCN3CCCC3)CC2)c2c(-c3ccccc3)c(Br)sc21. The van der Waals surface area contributed by atoms with E-state index in [0.717, 1.165) is 71.8 Å². The van der Waals surface area contributed by atoms with Crippen LogP contribution in [0.2, 0.25) is 0 Å². The van der Waals surface area contributed by atoms with Gasteiger partial charge < -0.3 is 14.5 Å². The molecule has 2 aliphatic heterocycles. The fourth-order valence-corrected chi connectivity index (χ4v) is 7.92. The zero-order chi connectivity index (χ0) is 23.7. The molecule has 2 aliphatic rings. The van der Waals surface area contributed by atoms with Gasteiger partial charge in [-0.2, -0.15) is 0 Å². The highest BCUT2D eigenvalue weighted by molar-refractivity contribution is 9.11. The third-order valence-electron chi connectivity index (χ3n) is 6.82. The number of nitrogens with zero attached hydrogens (tertiary/aromatic N) is 4. The zero-order valence-electron chi connectivity index (χ0n) is 19.5. The number of fused-ring (bicyclic) bond motifs is 1. The van der Waals surface area contributed by atoms with E-state index in [9.17, 15) is 8.42 Å². The van der Waals surface area contributed by atoms with Gasteiger partial charge in [0.15, 0.2) is 5.82 Å². The number of ether oxygens (including phenoxy) is 1. The predicted molar refractivity (Wildman–Crippen MR) is 142 cm³/mol. The van der Waals surface area contributed by atoms with Gasteiger partial charge in [0.25, 0.3) is 10.0 Å². The van der Waals surface area contributed by atoms with E-state index in [-0.39, 0.29) is 0 Å². The van der Waals surface area contributed by atoms with Crippen LogP contribution in [0.1, 0.15) is 25.7 Å².